The summed E-state index contributed by atoms with van der Waals surface area (Å²) in [5, 5.41) is 0. The molecule has 1 heterocycles. The molecule has 0 saturated heterocycles. The summed E-state index contributed by atoms with van der Waals surface area (Å²) < 4.78 is 48.9. The van der Waals surface area contributed by atoms with Gasteiger partial charge in [0.25, 0.3) is 5.92 Å². The number of aromatic nitrogens is 2. The molecule has 0 bridgehead atoms. The molecule has 1 aromatic carbocycles. The predicted octanol–water partition coefficient (Wildman–Crippen LogP) is 7.69. The van der Waals surface area contributed by atoms with E-state index in [0.717, 1.165) is 57.2 Å². The molecule has 2 saturated carbocycles. The number of rotatable bonds is 8. The van der Waals surface area contributed by atoms with Crippen LogP contribution < -0.4 is 4.74 Å². The molecule has 1 aromatic heterocycles. The highest BCUT2D eigenvalue weighted by Gasteiger charge is 2.43. The Morgan fingerprint density at radius 2 is 1.51 bits per heavy atom. The van der Waals surface area contributed by atoms with Gasteiger partial charge in [-0.05, 0) is 92.9 Å². The summed E-state index contributed by atoms with van der Waals surface area (Å²) in [5.74, 6) is -1.38. The van der Waals surface area contributed by atoms with E-state index in [1.54, 1.807) is 6.07 Å². The normalized spacial score (nSPS) is 25.1. The third kappa shape index (κ3) is 6.73. The minimum atomic E-state index is -2.81. The number of alkyl halides is 2. The molecular formula is C28H38F4N2O. The monoisotopic (exact) mass is 494 g/mol. The van der Waals surface area contributed by atoms with E-state index < -0.39 is 24.1 Å². The van der Waals surface area contributed by atoms with E-state index in [1.165, 1.54) is 24.8 Å². The van der Waals surface area contributed by atoms with E-state index in [9.17, 15) is 4.39 Å². The van der Waals surface area contributed by atoms with Crippen molar-refractivity contribution in [3.05, 3.63) is 53.4 Å². The summed E-state index contributed by atoms with van der Waals surface area (Å²) in [6, 6.07) is 4.15. The van der Waals surface area contributed by atoms with Crippen LogP contribution in [0.25, 0.3) is 0 Å². The van der Waals surface area contributed by atoms with E-state index in [0.29, 0.717) is 36.2 Å². The van der Waals surface area contributed by atoms with E-state index in [4.69, 9.17) is 4.74 Å². The summed E-state index contributed by atoms with van der Waals surface area (Å²) in [7, 11) is 1.37. The van der Waals surface area contributed by atoms with Crippen molar-refractivity contribution < 1.29 is 22.6 Å². The van der Waals surface area contributed by atoms with E-state index in [-0.39, 0.29) is 10.5 Å². The number of hydrogen-bond donors (Lipinski definition) is 0. The lowest BCUT2D eigenvalue weighted by molar-refractivity contribution is -0.0775. The molecule has 0 spiro atoms. The van der Waals surface area contributed by atoms with Crippen LogP contribution in [0.1, 0.15) is 87.6 Å². The van der Waals surface area contributed by atoms with Crippen LogP contribution >= 0.6 is 0 Å². The maximum Gasteiger partial charge on any atom is 0.254 e. The Morgan fingerprint density at radius 1 is 0.914 bits per heavy atom. The van der Waals surface area contributed by atoms with Crippen LogP contribution in [0.4, 0.5) is 17.9 Å². The molecule has 0 unspecified atom stereocenters. The number of aryl methyl sites for hydroxylation is 1. The summed E-state index contributed by atoms with van der Waals surface area (Å²) in [6.45, 7) is 2.16. The zero-order valence-corrected chi connectivity index (χ0v) is 20.8. The van der Waals surface area contributed by atoms with Gasteiger partial charge in [-0.3, -0.25) is 4.70 Å². The van der Waals surface area contributed by atoms with Crippen LogP contribution in [0.3, 0.4) is 0 Å². The molecule has 2 aromatic rings. The molecule has 2 aliphatic carbocycles. The first kappa shape index (κ1) is 27.4. The van der Waals surface area contributed by atoms with Gasteiger partial charge in [0.2, 0.25) is 0 Å². The zero-order valence-electron chi connectivity index (χ0n) is 20.8. The number of hydrogen-bond acceptors (Lipinski definition) is 3. The fourth-order valence-corrected chi connectivity index (χ4v) is 6.09. The summed E-state index contributed by atoms with van der Waals surface area (Å²) in [4.78, 5) is 9.24. The van der Waals surface area contributed by atoms with Crippen LogP contribution in [0, 0.1) is 23.6 Å². The lowest BCUT2D eigenvalue weighted by Crippen LogP contribution is -2.35. The minimum absolute atomic E-state index is 0. The number of methoxy groups -OCH3 is 1. The summed E-state index contributed by atoms with van der Waals surface area (Å²) in [5.41, 5.74) is 1.53. The van der Waals surface area contributed by atoms with Gasteiger partial charge < -0.3 is 4.74 Å². The van der Waals surface area contributed by atoms with Crippen LogP contribution in [0.2, 0.25) is 0 Å². The van der Waals surface area contributed by atoms with Gasteiger partial charge in [-0.15, -0.1) is 0 Å². The molecule has 194 valence electrons. The highest BCUT2D eigenvalue weighted by atomic mass is 19.3. The first-order valence-electron chi connectivity index (χ1n) is 12.9. The third-order valence-corrected chi connectivity index (χ3v) is 8.09. The van der Waals surface area contributed by atoms with Crippen molar-refractivity contribution in [2.75, 3.05) is 7.11 Å². The largest absolute Gasteiger partial charge is 0.494 e. The van der Waals surface area contributed by atoms with Crippen LogP contribution in [-0.4, -0.2) is 23.0 Å². The number of benzene rings is 1. The molecule has 7 heteroatoms. The molecule has 0 aliphatic heterocycles. The first-order chi connectivity index (χ1) is 16.4. The smallest absolute Gasteiger partial charge is 0.254 e. The predicted molar refractivity (Wildman–Crippen MR) is 130 cm³/mol. The topological polar surface area (TPSA) is 35.0 Å². The minimum Gasteiger partial charge on any atom is -0.494 e. The number of nitrogens with zero attached hydrogens (tertiary/aromatic N) is 2. The van der Waals surface area contributed by atoms with E-state index in [1.807, 2.05) is 12.4 Å². The van der Waals surface area contributed by atoms with Gasteiger partial charge in [-0.25, -0.2) is 23.1 Å². The van der Waals surface area contributed by atoms with Crippen molar-refractivity contribution in [2.45, 2.75) is 89.4 Å². The molecule has 0 N–H and O–H groups in total. The molecule has 35 heavy (non-hydrogen) atoms. The molecular weight excluding hydrogens is 456 g/mol. The summed E-state index contributed by atoms with van der Waals surface area (Å²) >= 11 is 0. The lowest BCUT2D eigenvalue weighted by atomic mass is 9.68. The van der Waals surface area contributed by atoms with Gasteiger partial charge in [0, 0.05) is 30.7 Å². The molecule has 2 aliphatic rings. The van der Waals surface area contributed by atoms with E-state index >= 15 is 8.78 Å². The molecule has 4 rings (SSSR count). The fraction of sp³-hybridized carbons (Fsp3) is 0.643. The highest BCUT2D eigenvalue weighted by molar-refractivity contribution is 5.30. The van der Waals surface area contributed by atoms with Crippen molar-refractivity contribution in [1.29, 1.82) is 0 Å². The van der Waals surface area contributed by atoms with Gasteiger partial charge in [-0.1, -0.05) is 19.4 Å². The average Bonchev–Trinajstić information content (AvgIpc) is 2.85. The van der Waals surface area contributed by atoms with Crippen LogP contribution in [0.5, 0.6) is 5.75 Å². The van der Waals surface area contributed by atoms with Gasteiger partial charge in [-0.2, -0.15) is 0 Å². The Bertz CT molecular complexity index is 921. The molecule has 0 atom stereocenters. The fourth-order valence-electron chi connectivity index (χ4n) is 6.09. The zero-order chi connectivity index (χ0) is 24.1. The second-order valence-corrected chi connectivity index (χ2v) is 10.3. The SMILES string of the molecule is CCCc1cnc(C2CCC(C3CCC(C(F)(F)Cc4ccc(OC)c(F)c4)CC3)CC2)nc1.F. The third-order valence-electron chi connectivity index (χ3n) is 8.09. The Hall–Kier alpha value is -2.18. The molecule has 3 nitrogen and oxygen atoms in total. The summed E-state index contributed by atoms with van der Waals surface area (Å²) in [6.07, 6.45) is 13.0. The van der Waals surface area contributed by atoms with Gasteiger partial charge in [0.05, 0.1) is 7.11 Å². The highest BCUT2D eigenvalue weighted by Crippen LogP contribution is 2.46. The second-order valence-electron chi connectivity index (χ2n) is 10.3. The van der Waals surface area contributed by atoms with Gasteiger partial charge >= 0.3 is 0 Å². The number of halogens is 4. The Kier molecular flexibility index (Phi) is 9.54. The molecule has 0 amide bonds. The van der Waals surface area contributed by atoms with Crippen molar-refractivity contribution in [1.82, 2.24) is 9.97 Å². The van der Waals surface area contributed by atoms with Gasteiger partial charge in [0.15, 0.2) is 11.6 Å². The van der Waals surface area contributed by atoms with Crippen molar-refractivity contribution >= 4 is 0 Å². The standard InChI is InChI=1S/C28H37F3N2O.FH/c1-3-4-20-17-32-27(33-18-20)23-8-6-21(7-9-23)22-10-12-24(13-11-22)28(30,31)16-19-5-14-26(34-2)25(29)15-19;/h5,14-15,17-18,21-24H,3-4,6-13,16H2,1-2H3;1H. The van der Waals surface area contributed by atoms with E-state index in [2.05, 4.69) is 16.9 Å². The maximum atomic E-state index is 15.0. The van der Waals surface area contributed by atoms with Crippen LogP contribution in [-0.2, 0) is 12.8 Å². The Morgan fingerprint density at radius 3 is 2.06 bits per heavy atom. The second kappa shape index (κ2) is 12.2. The lowest BCUT2D eigenvalue weighted by Gasteiger charge is -2.39. The average molecular weight is 495 g/mol. The van der Waals surface area contributed by atoms with Crippen LogP contribution in [0.15, 0.2) is 30.6 Å². The Labute approximate surface area is 206 Å². The quantitative estimate of drug-likeness (QED) is 0.353. The van der Waals surface area contributed by atoms with Crippen molar-refractivity contribution in [3.63, 3.8) is 0 Å². The molecule has 0 radical (unpaired) electrons. The number of ether oxygens (including phenoxy) is 1. The Balaban J connectivity index is 0.00000342. The first-order valence-corrected chi connectivity index (χ1v) is 12.9. The van der Waals surface area contributed by atoms with Crippen molar-refractivity contribution in [2.24, 2.45) is 17.8 Å². The maximum absolute atomic E-state index is 15.0. The molecule has 2 fully saturated rings. The van der Waals surface area contributed by atoms with Gasteiger partial charge in [0.1, 0.15) is 5.82 Å². The van der Waals surface area contributed by atoms with Crippen molar-refractivity contribution in [3.8, 4) is 5.75 Å².